The molecule has 0 saturated heterocycles. The largest absolute Gasteiger partial charge is 0.317 e. The number of nitrogens with one attached hydrogen (secondary N) is 1. The average molecular weight is 210 g/mol. The highest BCUT2D eigenvalue weighted by molar-refractivity contribution is 7.05. The van der Waals surface area contributed by atoms with Crippen molar-refractivity contribution in [1.82, 2.24) is 9.69 Å². The molecule has 0 aliphatic heterocycles. The van der Waals surface area contributed by atoms with Gasteiger partial charge in [-0.05, 0) is 55.7 Å². The molecule has 0 spiro atoms. The standard InChI is InChI=1S/C11H18N2S/c1-11(5-3-9(7-11)12-2)8-10-4-6-13-14-10/h4,6,9,12H,3,5,7-8H2,1-2H3. The van der Waals surface area contributed by atoms with Crippen molar-refractivity contribution in [1.29, 1.82) is 0 Å². The molecule has 0 aromatic carbocycles. The fourth-order valence-electron chi connectivity index (χ4n) is 2.48. The van der Waals surface area contributed by atoms with Gasteiger partial charge in [0, 0.05) is 17.1 Å². The summed E-state index contributed by atoms with van der Waals surface area (Å²) in [5, 5.41) is 3.39. The van der Waals surface area contributed by atoms with Gasteiger partial charge in [-0.1, -0.05) is 6.92 Å². The lowest BCUT2D eigenvalue weighted by Crippen LogP contribution is -2.24. The molecular formula is C11H18N2S. The molecular weight excluding hydrogens is 192 g/mol. The summed E-state index contributed by atoms with van der Waals surface area (Å²) in [6, 6.07) is 2.88. The van der Waals surface area contributed by atoms with E-state index >= 15 is 0 Å². The van der Waals surface area contributed by atoms with Crippen molar-refractivity contribution >= 4 is 11.5 Å². The Balaban J connectivity index is 1.97. The molecule has 1 fully saturated rings. The van der Waals surface area contributed by atoms with E-state index in [9.17, 15) is 0 Å². The maximum atomic E-state index is 4.16. The molecule has 3 heteroatoms. The first-order chi connectivity index (χ1) is 6.72. The quantitative estimate of drug-likeness (QED) is 0.829. The first kappa shape index (κ1) is 10.1. The van der Waals surface area contributed by atoms with Gasteiger partial charge in [-0.3, -0.25) is 0 Å². The third-order valence-corrected chi connectivity index (χ3v) is 4.08. The number of hydrogen-bond donors (Lipinski definition) is 1. The van der Waals surface area contributed by atoms with Crippen LogP contribution in [-0.4, -0.2) is 17.5 Å². The molecule has 1 aliphatic carbocycles. The van der Waals surface area contributed by atoms with Crippen molar-refractivity contribution in [3.63, 3.8) is 0 Å². The minimum atomic E-state index is 0.500. The van der Waals surface area contributed by atoms with Crippen LogP contribution in [0.15, 0.2) is 12.3 Å². The first-order valence-corrected chi connectivity index (χ1v) is 6.06. The van der Waals surface area contributed by atoms with E-state index in [-0.39, 0.29) is 0 Å². The summed E-state index contributed by atoms with van der Waals surface area (Å²) in [6.45, 7) is 2.41. The van der Waals surface area contributed by atoms with Gasteiger partial charge in [-0.15, -0.1) is 0 Å². The van der Waals surface area contributed by atoms with E-state index in [0.717, 1.165) is 6.04 Å². The zero-order valence-corrected chi connectivity index (χ0v) is 9.73. The Labute approximate surface area is 89.9 Å². The van der Waals surface area contributed by atoms with E-state index < -0.39 is 0 Å². The summed E-state index contributed by atoms with van der Waals surface area (Å²) in [6.07, 6.45) is 7.09. The number of nitrogens with zero attached hydrogens (tertiary/aromatic N) is 1. The smallest absolute Gasteiger partial charge is 0.0409 e. The molecule has 14 heavy (non-hydrogen) atoms. The Hall–Kier alpha value is -0.410. The van der Waals surface area contributed by atoms with E-state index in [1.54, 1.807) is 11.5 Å². The van der Waals surface area contributed by atoms with Gasteiger partial charge in [0.25, 0.3) is 0 Å². The van der Waals surface area contributed by atoms with Crippen LogP contribution in [0.1, 0.15) is 31.1 Å². The Bertz CT molecular complexity index is 283. The third kappa shape index (κ3) is 2.15. The molecule has 2 rings (SSSR count). The van der Waals surface area contributed by atoms with Crippen molar-refractivity contribution in [2.45, 2.75) is 38.6 Å². The van der Waals surface area contributed by atoms with Crippen molar-refractivity contribution in [3.8, 4) is 0 Å². The molecule has 0 amide bonds. The molecule has 1 aliphatic rings. The fraction of sp³-hybridized carbons (Fsp3) is 0.727. The maximum Gasteiger partial charge on any atom is 0.0409 e. The number of aromatic nitrogens is 1. The van der Waals surface area contributed by atoms with Crippen LogP contribution in [0, 0.1) is 5.41 Å². The van der Waals surface area contributed by atoms with E-state index in [2.05, 4.69) is 29.7 Å². The Morgan fingerprint density at radius 2 is 2.57 bits per heavy atom. The lowest BCUT2D eigenvalue weighted by molar-refractivity contribution is 0.327. The van der Waals surface area contributed by atoms with Gasteiger partial charge in [-0.25, -0.2) is 4.37 Å². The predicted molar refractivity (Wildman–Crippen MR) is 60.6 cm³/mol. The van der Waals surface area contributed by atoms with Crippen LogP contribution in [0.4, 0.5) is 0 Å². The minimum absolute atomic E-state index is 0.500. The molecule has 1 N–H and O–H groups in total. The summed E-state index contributed by atoms with van der Waals surface area (Å²) >= 11 is 1.65. The molecule has 2 atom stereocenters. The molecule has 2 unspecified atom stereocenters. The molecule has 2 nitrogen and oxygen atoms in total. The molecule has 0 radical (unpaired) electrons. The second-order valence-electron chi connectivity index (χ2n) is 4.69. The Morgan fingerprint density at radius 1 is 1.71 bits per heavy atom. The lowest BCUT2D eigenvalue weighted by Gasteiger charge is -2.23. The SMILES string of the molecule is CNC1CCC(C)(Cc2ccns2)C1. The topological polar surface area (TPSA) is 24.9 Å². The highest BCUT2D eigenvalue weighted by atomic mass is 32.1. The van der Waals surface area contributed by atoms with Crippen LogP contribution < -0.4 is 5.32 Å². The van der Waals surface area contributed by atoms with Gasteiger partial charge in [-0.2, -0.15) is 0 Å². The van der Waals surface area contributed by atoms with Crippen LogP contribution in [-0.2, 0) is 6.42 Å². The van der Waals surface area contributed by atoms with Crippen LogP contribution in [0.5, 0.6) is 0 Å². The summed E-state index contributed by atoms with van der Waals surface area (Å²) in [5.74, 6) is 0. The minimum Gasteiger partial charge on any atom is -0.317 e. The average Bonchev–Trinajstić information content (AvgIpc) is 2.76. The normalized spacial score (nSPS) is 32.3. The lowest BCUT2D eigenvalue weighted by atomic mass is 9.84. The van der Waals surface area contributed by atoms with Crippen LogP contribution in [0.3, 0.4) is 0 Å². The Kier molecular flexibility index (Phi) is 2.88. The van der Waals surface area contributed by atoms with Gasteiger partial charge in [0.1, 0.15) is 0 Å². The fourth-order valence-corrected chi connectivity index (χ4v) is 3.27. The van der Waals surface area contributed by atoms with Crippen LogP contribution in [0.25, 0.3) is 0 Å². The van der Waals surface area contributed by atoms with Crippen molar-refractivity contribution in [2.24, 2.45) is 5.41 Å². The summed E-state index contributed by atoms with van der Waals surface area (Å²) in [4.78, 5) is 1.43. The van der Waals surface area contributed by atoms with Crippen molar-refractivity contribution < 1.29 is 0 Å². The van der Waals surface area contributed by atoms with E-state index in [0.29, 0.717) is 5.41 Å². The van der Waals surface area contributed by atoms with Crippen LogP contribution in [0.2, 0.25) is 0 Å². The molecule has 78 valence electrons. The van der Waals surface area contributed by atoms with Gasteiger partial charge in [0.05, 0.1) is 0 Å². The molecule has 1 aromatic rings. The summed E-state index contributed by atoms with van der Waals surface area (Å²) in [7, 11) is 2.07. The number of rotatable bonds is 3. The second-order valence-corrected chi connectivity index (χ2v) is 5.61. The zero-order chi connectivity index (χ0) is 10.0. The van der Waals surface area contributed by atoms with E-state index in [1.165, 1.54) is 30.6 Å². The number of hydrogen-bond acceptors (Lipinski definition) is 3. The summed E-state index contributed by atoms with van der Waals surface area (Å²) < 4.78 is 4.16. The Morgan fingerprint density at radius 3 is 3.14 bits per heavy atom. The first-order valence-electron chi connectivity index (χ1n) is 5.29. The highest BCUT2D eigenvalue weighted by Crippen LogP contribution is 2.40. The maximum absolute atomic E-state index is 4.16. The summed E-state index contributed by atoms with van der Waals surface area (Å²) in [5.41, 5.74) is 0.500. The van der Waals surface area contributed by atoms with Crippen molar-refractivity contribution in [2.75, 3.05) is 7.05 Å². The van der Waals surface area contributed by atoms with E-state index in [4.69, 9.17) is 0 Å². The van der Waals surface area contributed by atoms with Gasteiger partial charge >= 0.3 is 0 Å². The van der Waals surface area contributed by atoms with Gasteiger partial charge in [0.2, 0.25) is 0 Å². The van der Waals surface area contributed by atoms with Crippen LogP contribution >= 0.6 is 11.5 Å². The van der Waals surface area contributed by atoms with E-state index in [1.807, 2.05) is 6.20 Å². The third-order valence-electron chi connectivity index (χ3n) is 3.34. The van der Waals surface area contributed by atoms with Gasteiger partial charge in [0.15, 0.2) is 0 Å². The molecule has 1 saturated carbocycles. The predicted octanol–water partition coefficient (Wildman–Crippen LogP) is 2.46. The molecule has 1 heterocycles. The second kappa shape index (κ2) is 3.99. The van der Waals surface area contributed by atoms with Crippen molar-refractivity contribution in [3.05, 3.63) is 17.1 Å². The monoisotopic (exact) mass is 210 g/mol. The van der Waals surface area contributed by atoms with Gasteiger partial charge < -0.3 is 5.32 Å². The zero-order valence-electron chi connectivity index (χ0n) is 8.92. The highest BCUT2D eigenvalue weighted by Gasteiger charge is 2.34. The molecule has 1 aromatic heterocycles. The molecule has 0 bridgehead atoms.